The summed E-state index contributed by atoms with van der Waals surface area (Å²) in [6.07, 6.45) is 4.45. The number of ether oxygens (including phenoxy) is 1. The van der Waals surface area contributed by atoms with Crippen LogP contribution in [-0.4, -0.2) is 40.5 Å². The molecule has 0 aliphatic carbocycles. The van der Waals surface area contributed by atoms with Crippen LogP contribution in [-0.2, 0) is 20.9 Å². The van der Waals surface area contributed by atoms with Crippen molar-refractivity contribution in [1.29, 1.82) is 0 Å². The lowest BCUT2D eigenvalue weighted by atomic mass is 9.94. The van der Waals surface area contributed by atoms with E-state index in [2.05, 4.69) is 64.2 Å². The number of carbonyl (C=O) groups excluding carboxylic acids is 2. The van der Waals surface area contributed by atoms with Crippen LogP contribution < -0.4 is 0 Å². The fourth-order valence-electron chi connectivity index (χ4n) is 5.32. The molecule has 208 valence electrons. The van der Waals surface area contributed by atoms with Gasteiger partial charge in [-0.1, -0.05) is 90.1 Å². The van der Waals surface area contributed by atoms with E-state index in [0.29, 0.717) is 31.0 Å². The van der Waals surface area contributed by atoms with E-state index in [1.807, 2.05) is 57.0 Å². The lowest BCUT2D eigenvalue weighted by Gasteiger charge is -2.34. The molecule has 0 saturated carbocycles. The molecule has 1 fully saturated rings. The largest absolute Gasteiger partial charge is 0.463 e. The van der Waals surface area contributed by atoms with Crippen molar-refractivity contribution in [2.45, 2.75) is 26.4 Å². The number of thioether (sulfide) groups is 1. The van der Waals surface area contributed by atoms with Crippen molar-refractivity contribution in [3.63, 3.8) is 0 Å². The van der Waals surface area contributed by atoms with Gasteiger partial charge in [-0.05, 0) is 43.2 Å². The second-order valence-corrected chi connectivity index (χ2v) is 11.1. The Kier molecular flexibility index (Phi) is 8.76. The van der Waals surface area contributed by atoms with E-state index in [0.717, 1.165) is 32.4 Å². The minimum atomic E-state index is -0.309. The van der Waals surface area contributed by atoms with Gasteiger partial charge in [0.25, 0.3) is 0 Å². The topological polar surface area (TPSA) is 63.9 Å². The monoisotopic (exact) mass is 583 g/mol. The maximum absolute atomic E-state index is 13.1. The van der Waals surface area contributed by atoms with Crippen LogP contribution in [0.2, 0.25) is 5.02 Å². The predicted molar refractivity (Wildman–Crippen MR) is 168 cm³/mol. The number of amidine groups is 1. The molecule has 0 bridgehead atoms. The van der Waals surface area contributed by atoms with Gasteiger partial charge in [0.1, 0.15) is 6.79 Å². The third kappa shape index (κ3) is 5.73. The molecule has 2 aliphatic heterocycles. The van der Waals surface area contributed by atoms with Crippen LogP contribution in [0, 0.1) is 0 Å². The van der Waals surface area contributed by atoms with Gasteiger partial charge >= 0.3 is 5.97 Å². The summed E-state index contributed by atoms with van der Waals surface area (Å²) < 4.78 is 7.71. The number of hydrogen-bond acceptors (Lipinski definition) is 6. The first kappa shape index (κ1) is 28.5. The first-order valence-corrected chi connectivity index (χ1v) is 14.5. The van der Waals surface area contributed by atoms with Crippen LogP contribution in [0.1, 0.15) is 36.6 Å². The van der Waals surface area contributed by atoms with E-state index in [-0.39, 0.29) is 12.0 Å². The van der Waals surface area contributed by atoms with Crippen LogP contribution in [0.25, 0.3) is 17.0 Å². The molecule has 0 spiro atoms. The number of aliphatic imine (C=N–C) groups is 1. The molecule has 41 heavy (non-hydrogen) atoms. The number of aromatic nitrogens is 1. The maximum atomic E-state index is 13.1. The summed E-state index contributed by atoms with van der Waals surface area (Å²) in [5.41, 5.74) is 5.74. The number of para-hydroxylation sites is 1. The minimum Gasteiger partial charge on any atom is -0.463 e. The number of rotatable bonds is 6. The highest BCUT2D eigenvalue weighted by Crippen LogP contribution is 2.44. The maximum Gasteiger partial charge on any atom is 0.338 e. The van der Waals surface area contributed by atoms with Crippen LogP contribution in [0.15, 0.2) is 106 Å². The Bertz CT molecular complexity index is 1680. The Balaban J connectivity index is 0.00000165. The Morgan fingerprint density at radius 1 is 1.07 bits per heavy atom. The predicted octanol–water partition coefficient (Wildman–Crippen LogP) is 7.50. The molecule has 1 saturated heterocycles. The van der Waals surface area contributed by atoms with Gasteiger partial charge in [0.05, 0.1) is 30.5 Å². The molecule has 6 nitrogen and oxygen atoms in total. The number of hydrogen-bond donors (Lipinski definition) is 0. The lowest BCUT2D eigenvalue weighted by Crippen LogP contribution is -2.36. The van der Waals surface area contributed by atoms with Crippen LogP contribution in [0.5, 0.6) is 0 Å². The molecule has 1 unspecified atom stereocenters. The molecule has 0 amide bonds. The molecular weight excluding hydrogens is 554 g/mol. The molecule has 1 atom stereocenters. The first-order valence-electron chi connectivity index (χ1n) is 13.3. The van der Waals surface area contributed by atoms with Crippen LogP contribution in [0.4, 0.5) is 0 Å². The van der Waals surface area contributed by atoms with Gasteiger partial charge < -0.3 is 19.0 Å². The molecule has 1 aromatic heterocycles. The van der Waals surface area contributed by atoms with E-state index in [1.54, 1.807) is 11.8 Å². The van der Waals surface area contributed by atoms with Gasteiger partial charge in [-0.2, -0.15) is 0 Å². The number of fused-ring (bicyclic) bond motifs is 2. The molecule has 3 heterocycles. The highest BCUT2D eigenvalue weighted by atomic mass is 35.5. The summed E-state index contributed by atoms with van der Waals surface area (Å²) in [6, 6.07) is 26.3. The summed E-state index contributed by atoms with van der Waals surface area (Å²) in [5, 5.41) is 2.86. The van der Waals surface area contributed by atoms with Crippen molar-refractivity contribution in [1.82, 2.24) is 9.47 Å². The second kappa shape index (κ2) is 12.6. The van der Waals surface area contributed by atoms with Crippen molar-refractivity contribution in [2.75, 3.05) is 13.2 Å². The van der Waals surface area contributed by atoms with E-state index in [4.69, 9.17) is 26.1 Å². The average molecular weight is 584 g/mol. The van der Waals surface area contributed by atoms with E-state index in [1.165, 1.54) is 10.3 Å². The van der Waals surface area contributed by atoms with Gasteiger partial charge in [0, 0.05) is 39.1 Å². The Labute approximate surface area is 249 Å². The van der Waals surface area contributed by atoms with E-state index < -0.39 is 0 Å². The van der Waals surface area contributed by atoms with Crippen molar-refractivity contribution in [3.8, 4) is 0 Å². The Morgan fingerprint density at radius 2 is 1.78 bits per heavy atom. The molecule has 0 radical (unpaired) electrons. The van der Waals surface area contributed by atoms with Gasteiger partial charge in [-0.15, -0.1) is 0 Å². The number of halogens is 1. The summed E-state index contributed by atoms with van der Waals surface area (Å²) in [4.78, 5) is 29.3. The van der Waals surface area contributed by atoms with Gasteiger partial charge in [0.2, 0.25) is 0 Å². The standard InChI is InChI=1S/C32H28ClN3O2S.CH2O/c1-3-38-31(37)29-21(2)34-32-36(30(29)22-11-5-4-6-12-22)20-25(39-32)17-24-19-35(28-16-10-8-14-26(24)28)18-23-13-7-9-15-27(23)33;1-2/h4-17,19,30H,3,18,20H2,1-2H3;1H2/b25-17-;. The first-order chi connectivity index (χ1) is 20.0. The summed E-state index contributed by atoms with van der Waals surface area (Å²) >= 11 is 8.15. The third-order valence-corrected chi connectivity index (χ3v) is 8.46. The second-order valence-electron chi connectivity index (χ2n) is 9.59. The summed E-state index contributed by atoms with van der Waals surface area (Å²) in [5.74, 6) is -0.309. The highest BCUT2D eigenvalue weighted by molar-refractivity contribution is 8.17. The zero-order valence-corrected chi connectivity index (χ0v) is 24.5. The fraction of sp³-hybridized carbons (Fsp3) is 0.182. The lowest BCUT2D eigenvalue weighted by molar-refractivity contribution is -0.139. The Hall–Kier alpha value is -4.07. The van der Waals surface area contributed by atoms with Crippen LogP contribution in [0.3, 0.4) is 0 Å². The number of benzene rings is 3. The molecule has 8 heteroatoms. The van der Waals surface area contributed by atoms with Crippen molar-refractivity contribution < 1.29 is 14.3 Å². The number of allylic oxidation sites excluding steroid dienone is 1. The van der Waals surface area contributed by atoms with Gasteiger partial charge in [-0.25, -0.2) is 9.79 Å². The SMILES string of the molecule is C=O.CCOC(=O)C1=C(C)N=C2S/C(=C\c3cn(Cc4ccccc4Cl)c4ccccc34)CN2C1c1ccccc1. The third-order valence-electron chi connectivity index (χ3n) is 7.08. The van der Waals surface area contributed by atoms with Gasteiger partial charge in [-0.3, -0.25) is 0 Å². The smallest absolute Gasteiger partial charge is 0.338 e. The number of carbonyl (C=O) groups is 2. The quantitative estimate of drug-likeness (QED) is 0.220. The molecule has 2 aliphatic rings. The molecular formula is C33H30ClN3O3S. The zero-order chi connectivity index (χ0) is 28.9. The van der Waals surface area contributed by atoms with Crippen molar-refractivity contribution >= 4 is 58.3 Å². The molecule has 6 rings (SSSR count). The fourth-order valence-corrected chi connectivity index (χ4v) is 6.61. The summed E-state index contributed by atoms with van der Waals surface area (Å²) in [6.45, 7) is 7.40. The molecule has 0 N–H and O–H groups in total. The molecule has 3 aromatic carbocycles. The average Bonchev–Trinajstić information content (AvgIpc) is 3.55. The number of esters is 1. The zero-order valence-electron chi connectivity index (χ0n) is 22.9. The Morgan fingerprint density at radius 3 is 2.54 bits per heavy atom. The van der Waals surface area contributed by atoms with E-state index >= 15 is 0 Å². The van der Waals surface area contributed by atoms with E-state index in [9.17, 15) is 4.79 Å². The van der Waals surface area contributed by atoms with Gasteiger partial charge in [0.15, 0.2) is 5.17 Å². The van der Waals surface area contributed by atoms with Crippen molar-refractivity contribution in [3.05, 3.63) is 123 Å². The minimum absolute atomic E-state index is 0.252. The number of nitrogens with zero attached hydrogens (tertiary/aromatic N) is 3. The molecule has 4 aromatic rings. The van der Waals surface area contributed by atoms with Crippen LogP contribution >= 0.6 is 23.4 Å². The summed E-state index contributed by atoms with van der Waals surface area (Å²) in [7, 11) is 0. The normalized spacial score (nSPS) is 17.2. The van der Waals surface area contributed by atoms with Crippen molar-refractivity contribution in [2.24, 2.45) is 4.99 Å². The highest BCUT2D eigenvalue weighted by Gasteiger charge is 2.40.